The topological polar surface area (TPSA) is 82.1 Å². The molecule has 1 aromatic rings. The fraction of sp³-hybridized carbons (Fsp3) is 0.444. The Kier molecular flexibility index (Phi) is 6.97. The number of urea groups is 1. The number of hydrogen-bond acceptors (Lipinski definition) is 5. The van der Waals surface area contributed by atoms with Crippen LogP contribution >= 0.6 is 0 Å². The highest BCUT2D eigenvalue weighted by Crippen LogP contribution is 2.23. The van der Waals surface area contributed by atoms with Crippen LogP contribution in [0, 0.1) is 11.7 Å². The number of hydrogen-bond donors (Lipinski definition) is 1. The first-order valence-corrected chi connectivity index (χ1v) is 8.65. The maximum Gasteiger partial charge on any atom is 0.335 e. The molecule has 1 N–H and O–H groups in total. The van der Waals surface area contributed by atoms with E-state index in [9.17, 15) is 18.8 Å². The molecular formula is C18H23FN4O3. The van der Waals surface area contributed by atoms with Gasteiger partial charge in [0, 0.05) is 12.8 Å². The fourth-order valence-electron chi connectivity index (χ4n) is 2.69. The van der Waals surface area contributed by atoms with E-state index >= 15 is 0 Å². The first-order valence-electron chi connectivity index (χ1n) is 8.65. The minimum atomic E-state index is -1.25. The normalized spacial score (nSPS) is 18.1. The third-order valence-electron chi connectivity index (χ3n) is 4.21. The number of benzene rings is 1. The summed E-state index contributed by atoms with van der Waals surface area (Å²) in [7, 11) is 0. The summed E-state index contributed by atoms with van der Waals surface area (Å²) in [5.74, 6) is -3.53. The van der Waals surface area contributed by atoms with Crippen LogP contribution in [0.25, 0.3) is 0 Å². The van der Waals surface area contributed by atoms with E-state index in [-0.39, 0.29) is 5.69 Å². The number of rotatable bonds is 8. The number of aliphatic imine (C=N–C) groups is 1. The molecule has 0 radical (unpaired) electrons. The fourth-order valence-corrected chi connectivity index (χ4v) is 2.69. The Balaban J connectivity index is 2.05. The van der Waals surface area contributed by atoms with Gasteiger partial charge in [0.25, 0.3) is 5.91 Å². The number of carbonyl (C=O) groups is 3. The van der Waals surface area contributed by atoms with Crippen LogP contribution < -0.4 is 10.2 Å². The van der Waals surface area contributed by atoms with Gasteiger partial charge in [-0.2, -0.15) is 0 Å². The van der Waals surface area contributed by atoms with E-state index in [4.69, 9.17) is 0 Å². The highest BCUT2D eigenvalue weighted by Gasteiger charge is 2.41. The molecule has 1 aliphatic heterocycles. The van der Waals surface area contributed by atoms with E-state index in [1.54, 1.807) is 0 Å². The van der Waals surface area contributed by atoms with E-state index in [1.165, 1.54) is 24.4 Å². The maximum atomic E-state index is 13.9. The summed E-state index contributed by atoms with van der Waals surface area (Å²) in [5, 5.41) is 2.07. The number of para-hydroxylation sites is 1. The van der Waals surface area contributed by atoms with Crippen LogP contribution in [0.1, 0.15) is 20.3 Å². The van der Waals surface area contributed by atoms with Gasteiger partial charge in [-0.3, -0.25) is 19.9 Å². The summed E-state index contributed by atoms with van der Waals surface area (Å²) in [5.41, 5.74) is -0.192. The van der Waals surface area contributed by atoms with Crippen molar-refractivity contribution in [2.45, 2.75) is 20.3 Å². The molecule has 1 heterocycles. The molecule has 1 unspecified atom stereocenters. The van der Waals surface area contributed by atoms with Gasteiger partial charge < -0.3 is 4.90 Å². The van der Waals surface area contributed by atoms with Gasteiger partial charge in [0.1, 0.15) is 5.82 Å². The summed E-state index contributed by atoms with van der Waals surface area (Å²) < 4.78 is 13.9. The Morgan fingerprint density at radius 1 is 1.23 bits per heavy atom. The molecule has 7 nitrogen and oxygen atoms in total. The SMILES string of the molecule is CCN(CC)CCCN=CC1C(=O)NC(=O)N(c2ccccc2F)C1=O. The van der Waals surface area contributed by atoms with Gasteiger partial charge in [-0.25, -0.2) is 14.1 Å². The van der Waals surface area contributed by atoms with E-state index in [2.05, 4.69) is 29.1 Å². The monoisotopic (exact) mass is 362 g/mol. The number of barbiturate groups is 1. The zero-order valence-corrected chi connectivity index (χ0v) is 14.9. The maximum absolute atomic E-state index is 13.9. The van der Waals surface area contributed by atoms with Crippen LogP contribution in [0.5, 0.6) is 0 Å². The van der Waals surface area contributed by atoms with Crippen molar-refractivity contribution < 1.29 is 18.8 Å². The molecule has 1 saturated heterocycles. The van der Waals surface area contributed by atoms with Crippen LogP contribution in [-0.4, -0.2) is 55.1 Å². The van der Waals surface area contributed by atoms with Crippen molar-refractivity contribution in [2.75, 3.05) is 31.1 Å². The Morgan fingerprint density at radius 2 is 1.92 bits per heavy atom. The van der Waals surface area contributed by atoms with E-state index in [0.717, 1.165) is 32.1 Å². The van der Waals surface area contributed by atoms with Crippen molar-refractivity contribution in [1.29, 1.82) is 0 Å². The van der Waals surface area contributed by atoms with Gasteiger partial charge in [-0.1, -0.05) is 26.0 Å². The lowest BCUT2D eigenvalue weighted by Gasteiger charge is -2.28. The molecule has 0 bridgehead atoms. The molecule has 0 saturated carbocycles. The smallest absolute Gasteiger partial charge is 0.304 e. The van der Waals surface area contributed by atoms with E-state index in [0.29, 0.717) is 11.4 Å². The van der Waals surface area contributed by atoms with Crippen LogP contribution in [-0.2, 0) is 9.59 Å². The Morgan fingerprint density at radius 3 is 2.58 bits per heavy atom. The van der Waals surface area contributed by atoms with Crippen LogP contribution in [0.2, 0.25) is 0 Å². The second kappa shape index (κ2) is 9.19. The summed E-state index contributed by atoms with van der Waals surface area (Å²) in [6, 6.07) is 4.44. The molecule has 8 heteroatoms. The number of amides is 4. The molecule has 140 valence electrons. The number of halogens is 1. The summed E-state index contributed by atoms with van der Waals surface area (Å²) in [6.45, 7) is 7.38. The van der Waals surface area contributed by atoms with Crippen molar-refractivity contribution in [3.05, 3.63) is 30.1 Å². The number of imide groups is 2. The number of anilines is 1. The van der Waals surface area contributed by atoms with E-state index in [1.807, 2.05) is 0 Å². The number of nitrogens with one attached hydrogen (secondary N) is 1. The molecule has 1 aliphatic rings. The van der Waals surface area contributed by atoms with Gasteiger partial charge in [-0.15, -0.1) is 0 Å². The van der Waals surface area contributed by atoms with Crippen LogP contribution in [0.3, 0.4) is 0 Å². The molecule has 0 aromatic heterocycles. The second-order valence-corrected chi connectivity index (χ2v) is 5.83. The third kappa shape index (κ3) is 4.51. The van der Waals surface area contributed by atoms with Gasteiger partial charge in [-0.05, 0) is 38.2 Å². The Labute approximate surface area is 151 Å². The number of nitrogens with zero attached hydrogens (tertiary/aromatic N) is 3. The van der Waals surface area contributed by atoms with Crippen molar-refractivity contribution in [1.82, 2.24) is 10.2 Å². The molecule has 1 fully saturated rings. The Hall–Kier alpha value is -2.61. The van der Waals surface area contributed by atoms with Gasteiger partial charge in [0.05, 0.1) is 5.69 Å². The van der Waals surface area contributed by atoms with Crippen LogP contribution in [0.4, 0.5) is 14.9 Å². The molecule has 4 amide bonds. The minimum Gasteiger partial charge on any atom is -0.304 e. The molecule has 2 rings (SSSR count). The summed E-state index contributed by atoms with van der Waals surface area (Å²) in [6.07, 6.45) is 2.02. The molecule has 1 aromatic carbocycles. The largest absolute Gasteiger partial charge is 0.335 e. The first kappa shape index (κ1) is 19.7. The standard InChI is InChI=1S/C18H23FN4O3/c1-3-22(4-2)11-7-10-20-12-13-16(24)21-18(26)23(17(13)25)15-9-6-5-8-14(15)19/h5-6,8-9,12-13H,3-4,7,10-11H2,1-2H3,(H,21,24,26). The van der Waals surface area contributed by atoms with E-state index < -0.39 is 29.6 Å². The zero-order chi connectivity index (χ0) is 19.1. The first-order chi connectivity index (χ1) is 12.5. The highest BCUT2D eigenvalue weighted by molar-refractivity contribution is 6.32. The van der Waals surface area contributed by atoms with Gasteiger partial charge in [0.2, 0.25) is 5.91 Å². The molecule has 0 spiro atoms. The average molecular weight is 362 g/mol. The lowest BCUT2D eigenvalue weighted by molar-refractivity contribution is -0.131. The summed E-state index contributed by atoms with van der Waals surface area (Å²) in [4.78, 5) is 43.5. The van der Waals surface area contributed by atoms with Crippen LogP contribution in [0.15, 0.2) is 29.3 Å². The average Bonchev–Trinajstić information content (AvgIpc) is 2.62. The molecular weight excluding hydrogens is 339 g/mol. The Bertz CT molecular complexity index is 703. The van der Waals surface area contributed by atoms with Crippen molar-refractivity contribution in [2.24, 2.45) is 10.9 Å². The molecule has 0 aliphatic carbocycles. The van der Waals surface area contributed by atoms with Gasteiger partial charge in [0.15, 0.2) is 5.92 Å². The summed E-state index contributed by atoms with van der Waals surface area (Å²) >= 11 is 0. The van der Waals surface area contributed by atoms with Gasteiger partial charge >= 0.3 is 6.03 Å². The lowest BCUT2D eigenvalue weighted by Crippen LogP contribution is -2.58. The van der Waals surface area contributed by atoms with Crippen molar-refractivity contribution >= 4 is 29.7 Å². The third-order valence-corrected chi connectivity index (χ3v) is 4.21. The predicted octanol–water partition coefficient (Wildman–Crippen LogP) is 1.83. The highest BCUT2D eigenvalue weighted by atomic mass is 19.1. The number of carbonyl (C=O) groups excluding carboxylic acids is 3. The van der Waals surface area contributed by atoms with Crippen molar-refractivity contribution in [3.8, 4) is 0 Å². The quantitative estimate of drug-likeness (QED) is 0.434. The second-order valence-electron chi connectivity index (χ2n) is 5.83. The predicted molar refractivity (Wildman–Crippen MR) is 96.7 cm³/mol. The molecule has 26 heavy (non-hydrogen) atoms. The minimum absolute atomic E-state index is 0.192. The lowest BCUT2D eigenvalue weighted by atomic mass is 10.1. The zero-order valence-electron chi connectivity index (χ0n) is 14.9. The van der Waals surface area contributed by atoms with Crippen molar-refractivity contribution in [3.63, 3.8) is 0 Å². The molecule has 1 atom stereocenters.